The Morgan fingerprint density at radius 1 is 0.412 bits per heavy atom. The Morgan fingerprint density at radius 2 is 1.00 bits per heavy atom. The average molecular weight is 653 g/mol. The lowest BCUT2D eigenvalue weighted by atomic mass is 9.97. The van der Waals surface area contributed by atoms with Gasteiger partial charge in [0.2, 0.25) is 0 Å². The number of anilines is 3. The third-order valence-electron chi connectivity index (χ3n) is 9.96. The molecular weight excluding hydrogens is 621 g/mol. The van der Waals surface area contributed by atoms with Gasteiger partial charge in [0.25, 0.3) is 0 Å². The van der Waals surface area contributed by atoms with Crippen LogP contribution in [0, 0.1) is 0 Å². The van der Waals surface area contributed by atoms with Gasteiger partial charge in [0.05, 0.1) is 16.4 Å². The van der Waals surface area contributed by atoms with Gasteiger partial charge in [-0.3, -0.25) is 0 Å². The SMILES string of the molecule is c1ccc(-c2ccc(N(c3ccccc3)c3cccc(-c4cc5c6ccccc6n(-c6ccccc6)c5c5c4oc4ccccc45)c3)cc2)cc1. The molecule has 0 saturated carbocycles. The lowest BCUT2D eigenvalue weighted by molar-refractivity contribution is 0.670. The number of hydrogen-bond donors (Lipinski definition) is 0. The molecule has 51 heavy (non-hydrogen) atoms. The fraction of sp³-hybridized carbons (Fsp3) is 0. The molecule has 0 N–H and O–H groups in total. The lowest BCUT2D eigenvalue weighted by Crippen LogP contribution is -2.09. The molecule has 0 aliphatic heterocycles. The minimum atomic E-state index is 0.881. The number of fused-ring (bicyclic) bond motifs is 7. The maximum absolute atomic E-state index is 6.83. The zero-order valence-corrected chi connectivity index (χ0v) is 27.8. The van der Waals surface area contributed by atoms with Gasteiger partial charge in [-0.1, -0.05) is 127 Å². The second-order valence-electron chi connectivity index (χ2n) is 12.9. The molecule has 0 radical (unpaired) electrons. The highest BCUT2D eigenvalue weighted by Crippen LogP contribution is 2.46. The molecule has 0 amide bonds. The molecule has 3 nitrogen and oxygen atoms in total. The van der Waals surface area contributed by atoms with Crippen molar-refractivity contribution in [2.24, 2.45) is 0 Å². The average Bonchev–Trinajstić information content (AvgIpc) is 3.75. The van der Waals surface area contributed by atoms with Crippen molar-refractivity contribution in [1.29, 1.82) is 0 Å². The van der Waals surface area contributed by atoms with E-state index >= 15 is 0 Å². The lowest BCUT2D eigenvalue weighted by Gasteiger charge is -2.26. The molecule has 0 saturated heterocycles. The Morgan fingerprint density at radius 3 is 1.78 bits per heavy atom. The van der Waals surface area contributed by atoms with Gasteiger partial charge in [-0.05, 0) is 83.4 Å². The van der Waals surface area contributed by atoms with Gasteiger partial charge < -0.3 is 13.9 Å². The highest BCUT2D eigenvalue weighted by Gasteiger charge is 2.23. The molecule has 0 bridgehead atoms. The van der Waals surface area contributed by atoms with Gasteiger partial charge in [-0.25, -0.2) is 0 Å². The van der Waals surface area contributed by atoms with Gasteiger partial charge in [0, 0.05) is 44.5 Å². The van der Waals surface area contributed by atoms with Crippen LogP contribution >= 0.6 is 0 Å². The summed E-state index contributed by atoms with van der Waals surface area (Å²) in [4.78, 5) is 2.33. The van der Waals surface area contributed by atoms with Crippen molar-refractivity contribution in [3.63, 3.8) is 0 Å². The largest absolute Gasteiger partial charge is 0.455 e. The molecule has 10 aromatic rings. The summed E-state index contributed by atoms with van der Waals surface area (Å²) in [5, 5.41) is 4.65. The molecular formula is C48H32N2O. The van der Waals surface area contributed by atoms with Crippen LogP contribution in [0.25, 0.3) is 71.7 Å². The van der Waals surface area contributed by atoms with Crippen LogP contribution in [0.15, 0.2) is 199 Å². The van der Waals surface area contributed by atoms with E-state index in [0.717, 1.165) is 61.3 Å². The summed E-state index contributed by atoms with van der Waals surface area (Å²) in [6.07, 6.45) is 0. The maximum atomic E-state index is 6.83. The summed E-state index contributed by atoms with van der Waals surface area (Å²) in [7, 11) is 0. The van der Waals surface area contributed by atoms with Crippen molar-refractivity contribution < 1.29 is 4.42 Å². The molecule has 240 valence electrons. The minimum Gasteiger partial charge on any atom is -0.455 e. The first-order chi connectivity index (χ1) is 25.3. The number of hydrogen-bond acceptors (Lipinski definition) is 2. The monoisotopic (exact) mass is 652 g/mol. The number of para-hydroxylation sites is 4. The van der Waals surface area contributed by atoms with Gasteiger partial charge >= 0.3 is 0 Å². The molecule has 2 heterocycles. The molecule has 0 atom stereocenters. The van der Waals surface area contributed by atoms with Crippen molar-refractivity contribution in [3.05, 3.63) is 194 Å². The summed E-state index contributed by atoms with van der Waals surface area (Å²) >= 11 is 0. The second-order valence-corrected chi connectivity index (χ2v) is 12.9. The quantitative estimate of drug-likeness (QED) is 0.178. The van der Waals surface area contributed by atoms with Gasteiger partial charge in [-0.2, -0.15) is 0 Å². The topological polar surface area (TPSA) is 21.3 Å². The molecule has 0 aliphatic carbocycles. The van der Waals surface area contributed by atoms with Gasteiger partial charge in [0.1, 0.15) is 11.2 Å². The summed E-state index contributed by atoms with van der Waals surface area (Å²) in [6.45, 7) is 0. The van der Waals surface area contributed by atoms with Crippen LogP contribution in [0.3, 0.4) is 0 Å². The number of furan rings is 1. The smallest absolute Gasteiger partial charge is 0.145 e. The summed E-state index contributed by atoms with van der Waals surface area (Å²) in [5.41, 5.74) is 13.0. The van der Waals surface area contributed by atoms with E-state index in [-0.39, 0.29) is 0 Å². The van der Waals surface area contributed by atoms with Crippen LogP contribution in [-0.2, 0) is 0 Å². The summed E-state index contributed by atoms with van der Waals surface area (Å²) in [5.74, 6) is 0. The molecule has 0 unspecified atom stereocenters. The standard InChI is InChI=1S/C48H32N2O/c1-4-15-33(16-5-1)34-27-29-38(30-28-34)49(36-18-6-2-7-19-36)39-22-14-17-35(31-39)42-32-43-40-23-10-12-25-44(40)50(37-20-8-3-9-21-37)47(43)46-41-24-11-13-26-45(41)51-48(42)46/h1-32H. The van der Waals surface area contributed by atoms with Crippen molar-refractivity contribution in [1.82, 2.24) is 4.57 Å². The Bertz CT molecular complexity index is 2830. The van der Waals surface area contributed by atoms with Crippen molar-refractivity contribution in [3.8, 4) is 27.9 Å². The fourth-order valence-electron chi connectivity index (χ4n) is 7.67. The Kier molecular flexibility index (Phi) is 6.81. The zero-order valence-electron chi connectivity index (χ0n) is 27.8. The number of rotatable bonds is 6. The predicted octanol–water partition coefficient (Wildman–Crippen LogP) is 13.5. The molecule has 8 aromatic carbocycles. The van der Waals surface area contributed by atoms with Crippen LogP contribution in [0.1, 0.15) is 0 Å². The number of aromatic nitrogens is 1. The van der Waals surface area contributed by atoms with E-state index < -0.39 is 0 Å². The van der Waals surface area contributed by atoms with E-state index in [1.54, 1.807) is 0 Å². The van der Waals surface area contributed by atoms with Crippen molar-refractivity contribution >= 4 is 60.8 Å². The highest BCUT2D eigenvalue weighted by molar-refractivity contribution is 6.27. The van der Waals surface area contributed by atoms with Crippen molar-refractivity contribution in [2.45, 2.75) is 0 Å². The first kappa shape index (κ1) is 29.1. The van der Waals surface area contributed by atoms with E-state index in [9.17, 15) is 0 Å². The first-order valence-electron chi connectivity index (χ1n) is 17.4. The van der Waals surface area contributed by atoms with Gasteiger partial charge in [0.15, 0.2) is 0 Å². The maximum Gasteiger partial charge on any atom is 0.145 e. The predicted molar refractivity (Wildman–Crippen MR) is 214 cm³/mol. The molecule has 0 aliphatic rings. The number of nitrogens with zero attached hydrogens (tertiary/aromatic N) is 2. The van der Waals surface area contributed by atoms with Crippen LogP contribution < -0.4 is 4.90 Å². The highest BCUT2D eigenvalue weighted by atomic mass is 16.3. The molecule has 0 spiro atoms. The first-order valence-corrected chi connectivity index (χ1v) is 17.4. The van der Waals surface area contributed by atoms with E-state index in [2.05, 4.69) is 204 Å². The van der Waals surface area contributed by atoms with Crippen LogP contribution in [0.2, 0.25) is 0 Å². The molecule has 10 rings (SSSR count). The third kappa shape index (κ3) is 4.82. The minimum absolute atomic E-state index is 0.881. The van der Waals surface area contributed by atoms with Crippen molar-refractivity contribution in [2.75, 3.05) is 4.90 Å². The summed E-state index contributed by atoms with van der Waals surface area (Å²) in [6, 6.07) is 68.9. The Hall–Kier alpha value is -6.84. The van der Waals surface area contributed by atoms with E-state index in [1.807, 2.05) is 0 Å². The third-order valence-corrected chi connectivity index (χ3v) is 9.96. The van der Waals surface area contributed by atoms with Gasteiger partial charge in [-0.15, -0.1) is 0 Å². The number of benzene rings is 8. The Labute approximate surface area is 295 Å². The van der Waals surface area contributed by atoms with Crippen LogP contribution in [-0.4, -0.2) is 4.57 Å². The fourth-order valence-corrected chi connectivity index (χ4v) is 7.67. The van der Waals surface area contributed by atoms with Crippen LogP contribution in [0.5, 0.6) is 0 Å². The van der Waals surface area contributed by atoms with E-state index in [1.165, 1.54) is 27.4 Å². The van der Waals surface area contributed by atoms with Crippen LogP contribution in [0.4, 0.5) is 17.1 Å². The molecule has 0 fully saturated rings. The van der Waals surface area contributed by atoms with E-state index in [4.69, 9.17) is 4.42 Å². The molecule has 2 aromatic heterocycles. The second kappa shape index (κ2) is 11.9. The summed E-state index contributed by atoms with van der Waals surface area (Å²) < 4.78 is 9.23. The van der Waals surface area contributed by atoms with E-state index in [0.29, 0.717) is 0 Å². The Balaban J connectivity index is 1.21. The normalized spacial score (nSPS) is 11.5. The molecule has 3 heteroatoms. The zero-order chi connectivity index (χ0) is 33.7.